The van der Waals surface area contributed by atoms with Gasteiger partial charge in [0.2, 0.25) is 0 Å². The minimum Gasteiger partial charge on any atom is -0.508 e. The summed E-state index contributed by atoms with van der Waals surface area (Å²) in [7, 11) is 0. The normalized spacial score (nSPS) is 9.31. The van der Waals surface area contributed by atoms with E-state index in [0.29, 0.717) is 11.1 Å². The number of carbonyl (C=O) groups excluding carboxylic acids is 1. The van der Waals surface area contributed by atoms with E-state index in [4.69, 9.17) is 5.26 Å². The van der Waals surface area contributed by atoms with Gasteiger partial charge in [0.25, 0.3) is 0 Å². The molecule has 13 heavy (non-hydrogen) atoms. The number of carbonyl (C=O) groups is 1. The van der Waals surface area contributed by atoms with Crippen molar-refractivity contribution in [2.45, 2.75) is 13.8 Å². The monoisotopic (exact) mass is 175 g/mol. The third-order valence-corrected chi connectivity index (χ3v) is 1.81. The average molecular weight is 175 g/mol. The molecule has 0 fully saturated rings. The van der Waals surface area contributed by atoms with Gasteiger partial charge < -0.3 is 5.11 Å². The van der Waals surface area contributed by atoms with Crippen LogP contribution in [0.25, 0.3) is 0 Å². The summed E-state index contributed by atoms with van der Waals surface area (Å²) in [4.78, 5) is 11.1. The molecule has 1 rings (SSSR count). The van der Waals surface area contributed by atoms with Crippen molar-refractivity contribution in [3.05, 3.63) is 28.8 Å². The number of benzene rings is 1. The lowest BCUT2D eigenvalue weighted by atomic mass is 10.00. The van der Waals surface area contributed by atoms with Gasteiger partial charge in [0.05, 0.1) is 5.56 Å². The highest BCUT2D eigenvalue weighted by atomic mass is 16.3. The highest BCUT2D eigenvalue weighted by Gasteiger charge is 2.10. The maximum Gasteiger partial charge on any atom is 0.161 e. The van der Waals surface area contributed by atoms with Crippen molar-refractivity contribution in [3.8, 4) is 11.8 Å². The molecule has 3 nitrogen and oxygen atoms in total. The number of aromatic hydroxyl groups is 1. The summed E-state index contributed by atoms with van der Waals surface area (Å²) in [6.45, 7) is 3.06. The Morgan fingerprint density at radius 2 is 2.15 bits per heavy atom. The van der Waals surface area contributed by atoms with Gasteiger partial charge in [-0.25, -0.2) is 0 Å². The van der Waals surface area contributed by atoms with E-state index in [2.05, 4.69) is 0 Å². The number of Topliss-reactive ketones (excluding diaryl/α,β-unsaturated/α-hetero) is 1. The number of phenols is 1. The molecule has 0 aliphatic heterocycles. The summed E-state index contributed by atoms with van der Waals surface area (Å²) in [5.41, 5.74) is 1.23. The highest BCUT2D eigenvalue weighted by molar-refractivity contribution is 5.97. The molecule has 0 unspecified atom stereocenters. The van der Waals surface area contributed by atoms with Crippen molar-refractivity contribution in [1.82, 2.24) is 0 Å². The van der Waals surface area contributed by atoms with E-state index in [9.17, 15) is 9.90 Å². The zero-order valence-electron chi connectivity index (χ0n) is 7.46. The first-order valence-corrected chi connectivity index (χ1v) is 3.81. The van der Waals surface area contributed by atoms with E-state index in [0.717, 1.165) is 0 Å². The first kappa shape index (κ1) is 9.27. The van der Waals surface area contributed by atoms with E-state index in [1.54, 1.807) is 6.92 Å². The minimum atomic E-state index is -0.212. The van der Waals surface area contributed by atoms with Gasteiger partial charge in [0, 0.05) is 5.56 Å². The predicted octanol–water partition coefficient (Wildman–Crippen LogP) is 1.77. The van der Waals surface area contributed by atoms with Crippen molar-refractivity contribution in [2.75, 3.05) is 0 Å². The molecule has 0 aliphatic rings. The number of phenolic OH excluding ortho intramolecular Hbond substituents is 1. The first-order valence-electron chi connectivity index (χ1n) is 3.81. The minimum absolute atomic E-state index is 0.0155. The maximum absolute atomic E-state index is 11.1. The molecule has 0 aromatic heterocycles. The van der Waals surface area contributed by atoms with Crippen LogP contribution >= 0.6 is 0 Å². The standard InChI is InChI=1S/C10H9NO2/c1-6-3-8(13)4-9(7(2)12)10(6)5-11/h3-4,13H,1-2H3. The smallest absolute Gasteiger partial charge is 0.161 e. The zero-order chi connectivity index (χ0) is 10.0. The quantitative estimate of drug-likeness (QED) is 0.661. The van der Waals surface area contributed by atoms with Crippen LogP contribution < -0.4 is 0 Å². The Hall–Kier alpha value is -1.82. The molecule has 1 aromatic rings. The van der Waals surface area contributed by atoms with Gasteiger partial charge in [-0.2, -0.15) is 5.26 Å². The lowest BCUT2D eigenvalue weighted by Crippen LogP contribution is -1.98. The fourth-order valence-corrected chi connectivity index (χ4v) is 1.19. The molecule has 1 N–H and O–H groups in total. The second-order valence-corrected chi connectivity index (χ2v) is 2.85. The van der Waals surface area contributed by atoms with Crippen LogP contribution in [0.5, 0.6) is 5.75 Å². The van der Waals surface area contributed by atoms with Gasteiger partial charge in [0.15, 0.2) is 5.78 Å². The molecule has 0 bridgehead atoms. The molecule has 0 radical (unpaired) electrons. The Labute approximate surface area is 76.2 Å². The fourth-order valence-electron chi connectivity index (χ4n) is 1.19. The molecular formula is C10H9NO2. The van der Waals surface area contributed by atoms with Gasteiger partial charge in [-0.05, 0) is 31.5 Å². The molecule has 0 atom stereocenters. The van der Waals surface area contributed by atoms with Crippen molar-refractivity contribution in [2.24, 2.45) is 0 Å². The number of aryl methyl sites for hydroxylation is 1. The second kappa shape index (κ2) is 3.28. The Bertz CT molecular complexity index is 402. The van der Waals surface area contributed by atoms with Gasteiger partial charge in [-0.3, -0.25) is 4.79 Å². The zero-order valence-corrected chi connectivity index (χ0v) is 7.46. The van der Waals surface area contributed by atoms with E-state index in [1.165, 1.54) is 19.1 Å². The third kappa shape index (κ3) is 1.67. The topological polar surface area (TPSA) is 61.1 Å². The SMILES string of the molecule is CC(=O)c1cc(O)cc(C)c1C#N. The Morgan fingerprint density at radius 1 is 1.54 bits per heavy atom. The van der Waals surface area contributed by atoms with Gasteiger partial charge in [0.1, 0.15) is 11.8 Å². The Morgan fingerprint density at radius 3 is 2.62 bits per heavy atom. The van der Waals surface area contributed by atoms with Crippen LogP contribution in [0.2, 0.25) is 0 Å². The van der Waals surface area contributed by atoms with Crippen LogP contribution in [0.4, 0.5) is 0 Å². The third-order valence-electron chi connectivity index (χ3n) is 1.81. The molecule has 0 spiro atoms. The van der Waals surface area contributed by atoms with E-state index in [1.807, 2.05) is 6.07 Å². The van der Waals surface area contributed by atoms with Gasteiger partial charge in [-0.15, -0.1) is 0 Å². The number of nitriles is 1. The lowest BCUT2D eigenvalue weighted by molar-refractivity contribution is 0.101. The first-order chi connectivity index (χ1) is 6.06. The van der Waals surface area contributed by atoms with Gasteiger partial charge in [-0.1, -0.05) is 0 Å². The largest absolute Gasteiger partial charge is 0.508 e. The molecule has 66 valence electrons. The van der Waals surface area contributed by atoms with E-state index < -0.39 is 0 Å². The van der Waals surface area contributed by atoms with Crippen molar-refractivity contribution in [1.29, 1.82) is 5.26 Å². The number of ketones is 1. The Balaban J connectivity index is 3.50. The molecule has 0 heterocycles. The van der Waals surface area contributed by atoms with Crippen LogP contribution in [0, 0.1) is 18.3 Å². The molecule has 0 saturated carbocycles. The summed E-state index contributed by atoms with van der Waals surface area (Å²) in [6.07, 6.45) is 0. The molecule has 0 aliphatic carbocycles. The molecule has 0 amide bonds. The summed E-state index contributed by atoms with van der Waals surface area (Å²) in [6, 6.07) is 4.72. The van der Waals surface area contributed by atoms with Crippen molar-refractivity contribution < 1.29 is 9.90 Å². The number of nitrogens with zero attached hydrogens (tertiary/aromatic N) is 1. The summed E-state index contributed by atoms with van der Waals surface area (Å²) < 4.78 is 0. The van der Waals surface area contributed by atoms with Crippen LogP contribution in [-0.2, 0) is 0 Å². The van der Waals surface area contributed by atoms with E-state index in [-0.39, 0.29) is 17.1 Å². The predicted molar refractivity (Wildman–Crippen MR) is 47.6 cm³/mol. The van der Waals surface area contributed by atoms with Crippen LogP contribution in [0.1, 0.15) is 28.4 Å². The molecule has 1 aromatic carbocycles. The van der Waals surface area contributed by atoms with Gasteiger partial charge >= 0.3 is 0 Å². The van der Waals surface area contributed by atoms with Crippen LogP contribution in [-0.4, -0.2) is 10.9 Å². The summed E-state index contributed by atoms with van der Waals surface area (Å²) in [5, 5.41) is 18.0. The second-order valence-electron chi connectivity index (χ2n) is 2.85. The highest BCUT2D eigenvalue weighted by Crippen LogP contribution is 2.20. The number of hydrogen-bond donors (Lipinski definition) is 1. The summed E-state index contributed by atoms with van der Waals surface area (Å²) >= 11 is 0. The van der Waals surface area contributed by atoms with E-state index >= 15 is 0 Å². The Kier molecular flexibility index (Phi) is 2.34. The number of hydrogen-bond acceptors (Lipinski definition) is 3. The number of rotatable bonds is 1. The fraction of sp³-hybridized carbons (Fsp3) is 0.200. The molecular weight excluding hydrogens is 166 g/mol. The maximum atomic E-state index is 11.1. The lowest BCUT2D eigenvalue weighted by Gasteiger charge is -2.03. The van der Waals surface area contributed by atoms with Crippen LogP contribution in [0.3, 0.4) is 0 Å². The van der Waals surface area contributed by atoms with Crippen molar-refractivity contribution >= 4 is 5.78 Å². The molecule has 3 heteroatoms. The van der Waals surface area contributed by atoms with Crippen molar-refractivity contribution in [3.63, 3.8) is 0 Å². The van der Waals surface area contributed by atoms with Crippen LogP contribution in [0.15, 0.2) is 12.1 Å². The average Bonchev–Trinajstić information content (AvgIpc) is 2.02. The molecule has 0 saturated heterocycles. The summed E-state index contributed by atoms with van der Waals surface area (Å²) in [5.74, 6) is -0.197.